The Morgan fingerprint density at radius 2 is 1.17 bits per heavy atom. The number of carbonyl (C=O) groups is 4. The number of rotatable bonds is 9. The maximum atomic E-state index is 11.6. The topological polar surface area (TPSA) is 127 Å². The highest BCUT2D eigenvalue weighted by Gasteiger charge is 2.25. The number of carboxylic acids is 2. The molecule has 0 unspecified atom stereocenters. The lowest BCUT2D eigenvalue weighted by atomic mass is 9.98. The molecule has 1 aromatic carbocycles. The molecule has 0 amide bonds. The second kappa shape index (κ2) is 15.7. The summed E-state index contributed by atoms with van der Waals surface area (Å²) in [4.78, 5) is 44.3. The molecule has 0 radical (unpaired) electrons. The van der Waals surface area contributed by atoms with Crippen LogP contribution in [0.15, 0.2) is 42.5 Å². The molecule has 0 saturated heterocycles. The molecule has 192 valence electrons. The van der Waals surface area contributed by atoms with E-state index in [1.54, 1.807) is 0 Å². The molecule has 2 fully saturated rings. The molecule has 2 aliphatic carbocycles. The highest BCUT2D eigenvalue weighted by molar-refractivity contribution is 5.93. The number of ether oxygens (including phenoxy) is 2. The number of carbonyl (C=O) groups excluding carboxylic acids is 2. The molecule has 0 spiro atoms. The van der Waals surface area contributed by atoms with Crippen LogP contribution < -0.4 is 0 Å². The summed E-state index contributed by atoms with van der Waals surface area (Å²) >= 11 is 0. The van der Waals surface area contributed by atoms with E-state index in [4.69, 9.17) is 19.7 Å². The van der Waals surface area contributed by atoms with Gasteiger partial charge in [0.05, 0.1) is 0 Å². The number of aliphatic carboxylic acids is 2. The third kappa shape index (κ3) is 11.7. The molecule has 0 atom stereocenters. The monoisotopic (exact) mass is 488 g/mol. The molecule has 2 aliphatic rings. The van der Waals surface area contributed by atoms with Crippen molar-refractivity contribution in [2.45, 2.75) is 89.3 Å². The van der Waals surface area contributed by atoms with Gasteiger partial charge in [0.2, 0.25) is 0 Å². The summed E-state index contributed by atoms with van der Waals surface area (Å²) in [5.74, 6) is -4.74. The van der Waals surface area contributed by atoms with Gasteiger partial charge in [-0.15, -0.1) is 0 Å². The van der Waals surface area contributed by atoms with Gasteiger partial charge in [-0.25, -0.2) is 9.59 Å². The van der Waals surface area contributed by atoms with Crippen LogP contribution in [0.3, 0.4) is 0 Å². The van der Waals surface area contributed by atoms with E-state index in [1.807, 2.05) is 30.3 Å². The minimum Gasteiger partial charge on any atom is -0.481 e. The zero-order valence-corrected chi connectivity index (χ0v) is 20.1. The first-order valence-corrected chi connectivity index (χ1v) is 12.4. The van der Waals surface area contributed by atoms with E-state index in [1.165, 1.54) is 25.0 Å². The minimum absolute atomic E-state index is 0.0234. The molecular formula is C27H36O8. The Morgan fingerprint density at radius 3 is 1.57 bits per heavy atom. The second-order valence-electron chi connectivity index (χ2n) is 8.98. The van der Waals surface area contributed by atoms with Crippen molar-refractivity contribution in [1.29, 1.82) is 0 Å². The predicted molar refractivity (Wildman–Crippen MR) is 129 cm³/mol. The molecule has 8 nitrogen and oxygen atoms in total. The van der Waals surface area contributed by atoms with E-state index in [-0.39, 0.29) is 18.6 Å². The lowest BCUT2D eigenvalue weighted by molar-refractivity contribution is -0.155. The van der Waals surface area contributed by atoms with Gasteiger partial charge in [0, 0.05) is 12.2 Å². The van der Waals surface area contributed by atoms with Gasteiger partial charge in [0.15, 0.2) is 5.92 Å². The third-order valence-corrected chi connectivity index (χ3v) is 6.19. The standard InChI is InChI=1S/C16H24O4.C11H12O4/c17-15(19-13-7-3-1-4-8-13)11-12-16(18)20-14-9-5-2-6-10-14;12-10(13)9(11(14)15)7-6-8-4-2-1-3-5-8/h11-14H,1-10H2;1-5,9H,6-7H2,(H,12,13)(H,14,15)/b12-11-;. The van der Waals surface area contributed by atoms with Crippen LogP contribution in [0, 0.1) is 5.92 Å². The second-order valence-corrected chi connectivity index (χ2v) is 8.98. The molecule has 35 heavy (non-hydrogen) atoms. The van der Waals surface area contributed by atoms with Crippen LogP contribution in [-0.2, 0) is 35.1 Å². The van der Waals surface area contributed by atoms with Crippen LogP contribution >= 0.6 is 0 Å². The number of hydrogen-bond donors (Lipinski definition) is 2. The lowest BCUT2D eigenvalue weighted by Crippen LogP contribution is -2.23. The summed E-state index contributed by atoms with van der Waals surface area (Å²) in [6.07, 6.45) is 13.7. The van der Waals surface area contributed by atoms with Crippen molar-refractivity contribution < 1.29 is 38.9 Å². The summed E-state index contributed by atoms with van der Waals surface area (Å²) in [7, 11) is 0. The molecule has 0 aromatic heterocycles. The van der Waals surface area contributed by atoms with Crippen LogP contribution in [0.2, 0.25) is 0 Å². The van der Waals surface area contributed by atoms with Crippen molar-refractivity contribution >= 4 is 23.9 Å². The quantitative estimate of drug-likeness (QED) is 0.291. The van der Waals surface area contributed by atoms with Crippen molar-refractivity contribution in [2.75, 3.05) is 0 Å². The van der Waals surface area contributed by atoms with Crippen LogP contribution in [0.25, 0.3) is 0 Å². The van der Waals surface area contributed by atoms with E-state index in [0.717, 1.165) is 56.9 Å². The first kappa shape index (κ1) is 28.1. The number of benzene rings is 1. The molecule has 0 heterocycles. The first-order chi connectivity index (χ1) is 16.8. The Bertz CT molecular complexity index is 788. The third-order valence-electron chi connectivity index (χ3n) is 6.19. The van der Waals surface area contributed by atoms with Gasteiger partial charge >= 0.3 is 23.9 Å². The Balaban J connectivity index is 0.000000258. The Hall–Kier alpha value is -3.16. The summed E-state index contributed by atoms with van der Waals surface area (Å²) in [5.41, 5.74) is 0.949. The number of esters is 2. The molecule has 1 aromatic rings. The average Bonchev–Trinajstić information content (AvgIpc) is 2.85. The molecule has 2 saturated carbocycles. The number of hydrogen-bond acceptors (Lipinski definition) is 6. The Labute approximate surface area is 206 Å². The molecule has 8 heteroatoms. The van der Waals surface area contributed by atoms with Crippen LogP contribution in [0.5, 0.6) is 0 Å². The van der Waals surface area contributed by atoms with Gasteiger partial charge in [-0.3, -0.25) is 9.59 Å². The SMILES string of the molecule is O=C(/C=C\C(=O)OC1CCCCC1)OC1CCCCC1.O=C(O)C(CCc1ccccc1)C(=O)O. The summed E-state index contributed by atoms with van der Waals surface area (Å²) in [5, 5.41) is 17.3. The highest BCUT2D eigenvalue weighted by Crippen LogP contribution is 2.21. The molecule has 0 bridgehead atoms. The van der Waals surface area contributed by atoms with Crippen LogP contribution in [0.1, 0.15) is 76.2 Å². The van der Waals surface area contributed by atoms with Crippen molar-refractivity contribution in [1.82, 2.24) is 0 Å². The molecular weight excluding hydrogens is 452 g/mol. The first-order valence-electron chi connectivity index (χ1n) is 12.4. The van der Waals surface area contributed by atoms with E-state index in [0.29, 0.717) is 6.42 Å². The fourth-order valence-electron chi connectivity index (χ4n) is 4.22. The predicted octanol–water partition coefficient (Wildman–Crippen LogP) is 4.70. The van der Waals surface area contributed by atoms with E-state index < -0.39 is 29.8 Å². The van der Waals surface area contributed by atoms with Gasteiger partial charge in [-0.2, -0.15) is 0 Å². The summed E-state index contributed by atoms with van der Waals surface area (Å²) in [6.45, 7) is 0. The van der Waals surface area contributed by atoms with E-state index in [9.17, 15) is 19.2 Å². The number of aryl methyl sites for hydroxylation is 1. The Kier molecular flexibility index (Phi) is 12.6. The van der Waals surface area contributed by atoms with Gasteiger partial charge in [0.1, 0.15) is 12.2 Å². The smallest absolute Gasteiger partial charge is 0.331 e. The van der Waals surface area contributed by atoms with Crippen LogP contribution in [-0.4, -0.2) is 46.3 Å². The van der Waals surface area contributed by atoms with Gasteiger partial charge in [0.25, 0.3) is 0 Å². The average molecular weight is 489 g/mol. The van der Waals surface area contributed by atoms with E-state index in [2.05, 4.69) is 0 Å². The Morgan fingerprint density at radius 1 is 0.743 bits per heavy atom. The zero-order valence-electron chi connectivity index (χ0n) is 20.1. The fourth-order valence-corrected chi connectivity index (χ4v) is 4.22. The minimum atomic E-state index is -1.31. The summed E-state index contributed by atoms with van der Waals surface area (Å²) in [6, 6.07) is 9.23. The fraction of sp³-hybridized carbons (Fsp3) is 0.556. The largest absolute Gasteiger partial charge is 0.481 e. The number of carboxylic acid groups (broad SMARTS) is 2. The van der Waals surface area contributed by atoms with Crippen molar-refractivity contribution in [3.05, 3.63) is 48.0 Å². The van der Waals surface area contributed by atoms with Gasteiger partial charge < -0.3 is 19.7 Å². The summed E-state index contributed by atoms with van der Waals surface area (Å²) < 4.78 is 10.6. The maximum Gasteiger partial charge on any atom is 0.331 e. The van der Waals surface area contributed by atoms with Crippen molar-refractivity contribution in [3.8, 4) is 0 Å². The normalized spacial score (nSPS) is 16.8. The van der Waals surface area contributed by atoms with Crippen molar-refractivity contribution in [3.63, 3.8) is 0 Å². The van der Waals surface area contributed by atoms with Crippen molar-refractivity contribution in [2.24, 2.45) is 5.92 Å². The van der Waals surface area contributed by atoms with Gasteiger partial charge in [-0.1, -0.05) is 43.2 Å². The lowest BCUT2D eigenvalue weighted by Gasteiger charge is -2.21. The zero-order chi connectivity index (χ0) is 25.5. The van der Waals surface area contributed by atoms with Crippen LogP contribution in [0.4, 0.5) is 0 Å². The highest BCUT2D eigenvalue weighted by atomic mass is 16.5. The van der Waals surface area contributed by atoms with E-state index >= 15 is 0 Å². The molecule has 2 N–H and O–H groups in total. The maximum absolute atomic E-state index is 11.6. The van der Waals surface area contributed by atoms with Gasteiger partial charge in [-0.05, 0) is 69.8 Å². The molecule has 0 aliphatic heterocycles. The molecule has 3 rings (SSSR count).